The molecule has 6 heteroatoms. The van der Waals surface area contributed by atoms with Crippen LogP contribution in [0.25, 0.3) is 0 Å². The number of aliphatic hydroxyl groups is 4. The third-order valence-corrected chi connectivity index (χ3v) is 4.78. The van der Waals surface area contributed by atoms with Crippen LogP contribution in [0.2, 0.25) is 0 Å². The quantitative estimate of drug-likeness (QED) is 0.300. The van der Waals surface area contributed by atoms with Crippen LogP contribution in [0.15, 0.2) is 0 Å². The van der Waals surface area contributed by atoms with E-state index in [1.165, 1.54) is 38.5 Å². The topological polar surface area (TPSA) is 102 Å². The lowest BCUT2D eigenvalue weighted by atomic mass is 9.96. The number of unbranched alkanes of at least 4 members (excludes halogenated alkanes) is 9. The number of hydrogen-bond acceptors (Lipinski definition) is 6. The van der Waals surface area contributed by atoms with E-state index in [-0.39, 0.29) is 19.2 Å². The Bertz CT molecular complexity index is 291. The molecule has 1 fully saturated rings. The Labute approximate surface area is 146 Å². The van der Waals surface area contributed by atoms with Gasteiger partial charge in [-0.05, 0) is 12.8 Å². The van der Waals surface area contributed by atoms with Crippen LogP contribution in [0.1, 0.15) is 64.2 Å². The Kier molecular flexibility index (Phi) is 12.7. The fourth-order valence-corrected chi connectivity index (χ4v) is 3.20. The van der Waals surface area contributed by atoms with Crippen LogP contribution in [0.4, 0.5) is 0 Å². The molecule has 1 saturated heterocycles. The van der Waals surface area contributed by atoms with E-state index >= 15 is 0 Å². The van der Waals surface area contributed by atoms with E-state index in [1.807, 2.05) is 0 Å². The minimum Gasteiger partial charge on any atom is -0.396 e. The molecule has 0 aromatic heterocycles. The fraction of sp³-hybridized carbons (Fsp3) is 1.00. The van der Waals surface area contributed by atoms with Crippen molar-refractivity contribution in [1.29, 1.82) is 0 Å². The monoisotopic (exact) mass is 347 g/mol. The molecule has 1 heterocycles. The molecule has 24 heavy (non-hydrogen) atoms. The van der Waals surface area contributed by atoms with E-state index < -0.39 is 18.3 Å². The normalized spacial score (nSPS) is 27.5. The third-order valence-electron chi connectivity index (χ3n) is 4.78. The number of hydrogen-bond donors (Lipinski definition) is 5. The molecule has 0 radical (unpaired) electrons. The first-order valence-electron chi connectivity index (χ1n) is 9.63. The second kappa shape index (κ2) is 14.0. The minimum absolute atomic E-state index is 0.104. The molecule has 0 saturated carbocycles. The van der Waals surface area contributed by atoms with Gasteiger partial charge in [0.2, 0.25) is 0 Å². The van der Waals surface area contributed by atoms with E-state index in [9.17, 15) is 15.3 Å². The van der Waals surface area contributed by atoms with Crippen LogP contribution >= 0.6 is 0 Å². The maximum absolute atomic E-state index is 9.98. The second-order valence-corrected chi connectivity index (χ2v) is 6.85. The van der Waals surface area contributed by atoms with Crippen molar-refractivity contribution < 1.29 is 25.2 Å². The molecule has 0 aliphatic carbocycles. The maximum Gasteiger partial charge on any atom is 0.109 e. The van der Waals surface area contributed by atoms with Gasteiger partial charge in [-0.25, -0.2) is 0 Å². The molecule has 4 atom stereocenters. The van der Waals surface area contributed by atoms with Crippen LogP contribution in [-0.4, -0.2) is 71.1 Å². The summed E-state index contributed by atoms with van der Waals surface area (Å²) in [5, 5.41) is 40.6. The van der Waals surface area contributed by atoms with Gasteiger partial charge in [0, 0.05) is 19.8 Å². The molecule has 0 aromatic rings. The summed E-state index contributed by atoms with van der Waals surface area (Å²) in [5.74, 6) is 0. The summed E-state index contributed by atoms with van der Waals surface area (Å²) in [4.78, 5) is 0. The van der Waals surface area contributed by atoms with Gasteiger partial charge in [0.05, 0.1) is 18.8 Å². The molecule has 6 nitrogen and oxygen atoms in total. The van der Waals surface area contributed by atoms with Crippen molar-refractivity contribution in [3.05, 3.63) is 0 Å². The average Bonchev–Trinajstić information content (AvgIpc) is 2.59. The summed E-state index contributed by atoms with van der Waals surface area (Å²) in [6, 6.07) is -0.311. The molecule has 144 valence electrons. The van der Waals surface area contributed by atoms with Crippen molar-refractivity contribution >= 4 is 0 Å². The first kappa shape index (κ1) is 21.8. The van der Waals surface area contributed by atoms with Crippen molar-refractivity contribution in [1.82, 2.24) is 5.32 Å². The number of β-amino-alcohol motifs (C(OH)–C–C–N with tert-alkyl or cyclic N) is 1. The highest BCUT2D eigenvalue weighted by molar-refractivity contribution is 4.92. The Morgan fingerprint density at radius 2 is 1.33 bits per heavy atom. The molecule has 1 rings (SSSR count). The standard InChI is InChI=1S/C18H37NO5/c20-11-9-7-5-3-1-2-4-6-8-10-12-24-18-15(14-21)19-13-16(22)17(18)23/h15-23H,1-14H2/t15-,16+,17-,18-/m1/s1. The molecule has 1 aliphatic heterocycles. The van der Waals surface area contributed by atoms with Crippen LogP contribution in [0.3, 0.4) is 0 Å². The highest BCUT2D eigenvalue weighted by Gasteiger charge is 2.37. The molecule has 0 amide bonds. The number of rotatable bonds is 14. The summed E-state index contributed by atoms with van der Waals surface area (Å²) in [7, 11) is 0. The second-order valence-electron chi connectivity index (χ2n) is 6.85. The predicted octanol–water partition coefficient (Wildman–Crippen LogP) is 0.951. The Hall–Kier alpha value is -0.240. The SMILES string of the molecule is OCCCCCCCCCCCCO[C@H]1[C@H](O)[C@@H](O)CN[C@@H]1CO. The minimum atomic E-state index is -0.936. The fourth-order valence-electron chi connectivity index (χ4n) is 3.20. The summed E-state index contributed by atoms with van der Waals surface area (Å²) in [6.07, 6.45) is 9.26. The number of aliphatic hydroxyl groups excluding tert-OH is 4. The average molecular weight is 347 g/mol. The van der Waals surface area contributed by atoms with Crippen LogP contribution in [0.5, 0.6) is 0 Å². The Morgan fingerprint density at radius 1 is 0.792 bits per heavy atom. The van der Waals surface area contributed by atoms with Gasteiger partial charge in [0.1, 0.15) is 12.2 Å². The van der Waals surface area contributed by atoms with Crippen LogP contribution < -0.4 is 5.32 Å². The lowest BCUT2D eigenvalue weighted by molar-refractivity contribution is -0.129. The summed E-state index contributed by atoms with van der Waals surface area (Å²) in [6.45, 7) is 1.04. The Balaban J connectivity index is 1.95. The lowest BCUT2D eigenvalue weighted by Crippen LogP contribution is -2.61. The van der Waals surface area contributed by atoms with Gasteiger partial charge >= 0.3 is 0 Å². The smallest absolute Gasteiger partial charge is 0.109 e. The third kappa shape index (κ3) is 8.74. The zero-order chi connectivity index (χ0) is 17.6. The summed E-state index contributed by atoms with van der Waals surface area (Å²) >= 11 is 0. The van der Waals surface area contributed by atoms with Gasteiger partial charge in [-0.3, -0.25) is 0 Å². The van der Waals surface area contributed by atoms with E-state index in [0.29, 0.717) is 13.2 Å². The molecule has 0 spiro atoms. The van der Waals surface area contributed by atoms with Gasteiger partial charge in [0.25, 0.3) is 0 Å². The molecule has 0 bridgehead atoms. The Morgan fingerprint density at radius 3 is 1.88 bits per heavy atom. The van der Waals surface area contributed by atoms with Gasteiger partial charge in [-0.2, -0.15) is 0 Å². The highest BCUT2D eigenvalue weighted by atomic mass is 16.5. The van der Waals surface area contributed by atoms with E-state index in [4.69, 9.17) is 9.84 Å². The van der Waals surface area contributed by atoms with Gasteiger partial charge in [-0.1, -0.05) is 51.4 Å². The molecule has 0 aromatic carbocycles. The zero-order valence-corrected chi connectivity index (χ0v) is 14.9. The lowest BCUT2D eigenvalue weighted by Gasteiger charge is -2.38. The van der Waals surface area contributed by atoms with Crippen molar-refractivity contribution in [2.75, 3.05) is 26.4 Å². The number of ether oxygens (including phenoxy) is 1. The van der Waals surface area contributed by atoms with Gasteiger partial charge in [-0.15, -0.1) is 0 Å². The van der Waals surface area contributed by atoms with E-state index in [0.717, 1.165) is 25.7 Å². The van der Waals surface area contributed by atoms with E-state index in [2.05, 4.69) is 5.32 Å². The van der Waals surface area contributed by atoms with Gasteiger partial charge in [0.15, 0.2) is 0 Å². The van der Waals surface area contributed by atoms with E-state index in [1.54, 1.807) is 0 Å². The largest absolute Gasteiger partial charge is 0.396 e. The number of piperidine rings is 1. The van der Waals surface area contributed by atoms with Crippen molar-refractivity contribution in [2.24, 2.45) is 0 Å². The van der Waals surface area contributed by atoms with Crippen LogP contribution in [-0.2, 0) is 4.74 Å². The summed E-state index contributed by atoms with van der Waals surface area (Å²) in [5.41, 5.74) is 0. The first-order chi connectivity index (χ1) is 11.7. The molecular weight excluding hydrogens is 310 g/mol. The summed E-state index contributed by atoms with van der Waals surface area (Å²) < 4.78 is 5.70. The van der Waals surface area contributed by atoms with Crippen molar-refractivity contribution in [2.45, 2.75) is 88.6 Å². The van der Waals surface area contributed by atoms with Gasteiger partial charge < -0.3 is 30.5 Å². The molecule has 1 aliphatic rings. The molecular formula is C18H37NO5. The molecule has 5 N–H and O–H groups in total. The highest BCUT2D eigenvalue weighted by Crippen LogP contribution is 2.16. The molecule has 0 unspecified atom stereocenters. The zero-order valence-electron chi connectivity index (χ0n) is 14.9. The van der Waals surface area contributed by atoms with Crippen molar-refractivity contribution in [3.8, 4) is 0 Å². The van der Waals surface area contributed by atoms with Crippen LogP contribution in [0, 0.1) is 0 Å². The predicted molar refractivity (Wildman–Crippen MR) is 93.9 cm³/mol. The van der Waals surface area contributed by atoms with Crippen molar-refractivity contribution in [3.63, 3.8) is 0 Å². The number of nitrogens with one attached hydrogen (secondary N) is 1. The maximum atomic E-state index is 9.98. The first-order valence-corrected chi connectivity index (χ1v) is 9.63.